The van der Waals surface area contributed by atoms with E-state index in [9.17, 15) is 10.2 Å². The van der Waals surface area contributed by atoms with Crippen molar-refractivity contribution in [1.29, 1.82) is 0 Å². The van der Waals surface area contributed by atoms with Gasteiger partial charge in [-0.25, -0.2) is 0 Å². The van der Waals surface area contributed by atoms with Crippen molar-refractivity contribution < 1.29 is 10.2 Å². The number of hydrogen-bond donors (Lipinski definition) is 2. The first-order valence-electron chi connectivity index (χ1n) is 5.90. The zero-order valence-corrected chi connectivity index (χ0v) is 11.5. The van der Waals surface area contributed by atoms with Crippen molar-refractivity contribution in [1.82, 2.24) is 0 Å². The minimum absolute atomic E-state index is 0.146. The largest absolute Gasteiger partial charge is 0.507 e. The maximum Gasteiger partial charge on any atom is 0.123 e. The van der Waals surface area contributed by atoms with Crippen LogP contribution in [0.4, 0.5) is 0 Å². The molecule has 0 bridgehead atoms. The highest BCUT2D eigenvalue weighted by molar-refractivity contribution is 9.08. The molecule has 1 aliphatic carbocycles. The Hall–Kier alpha value is -0.960. The molecule has 0 radical (unpaired) electrons. The summed E-state index contributed by atoms with van der Waals surface area (Å²) in [6.07, 6.45) is 5.39. The molecule has 0 aliphatic heterocycles. The molecule has 92 valence electrons. The molecule has 1 aliphatic rings. The lowest BCUT2D eigenvalue weighted by molar-refractivity contribution is 0.428. The fourth-order valence-electron chi connectivity index (χ4n) is 2.48. The lowest BCUT2D eigenvalue weighted by Gasteiger charge is -2.22. The standard InChI is InChI=1S/C14H17BrO2/c1-9-3-2-4-11(5-9)14-12(16)6-10(8-15)7-13(14)17/h5-7,11,16-17H,2-4,8H2,1H3/t11-/m0/s1. The lowest BCUT2D eigenvalue weighted by atomic mass is 9.85. The van der Waals surface area contributed by atoms with Gasteiger partial charge in [0.25, 0.3) is 0 Å². The molecule has 0 saturated carbocycles. The number of hydrogen-bond acceptors (Lipinski definition) is 2. The molecule has 2 nitrogen and oxygen atoms in total. The predicted molar refractivity (Wildman–Crippen MR) is 72.8 cm³/mol. The molecule has 0 saturated heterocycles. The molecule has 1 aromatic rings. The molecule has 3 heteroatoms. The van der Waals surface area contributed by atoms with Crippen LogP contribution in [0.25, 0.3) is 0 Å². The first kappa shape index (κ1) is 12.5. The molecule has 0 heterocycles. The van der Waals surface area contributed by atoms with Gasteiger partial charge in [0.05, 0.1) is 0 Å². The van der Waals surface area contributed by atoms with Gasteiger partial charge in [-0.2, -0.15) is 0 Å². The predicted octanol–water partition coefficient (Wildman–Crippen LogP) is 4.21. The van der Waals surface area contributed by atoms with Crippen LogP contribution in [0.5, 0.6) is 11.5 Å². The Balaban J connectivity index is 2.41. The van der Waals surface area contributed by atoms with Gasteiger partial charge in [-0.3, -0.25) is 0 Å². The summed E-state index contributed by atoms with van der Waals surface area (Å²) in [6.45, 7) is 2.10. The average Bonchev–Trinajstić information content (AvgIpc) is 2.28. The van der Waals surface area contributed by atoms with E-state index >= 15 is 0 Å². The van der Waals surface area contributed by atoms with Gasteiger partial charge in [0, 0.05) is 16.8 Å². The van der Waals surface area contributed by atoms with Crippen LogP contribution in [0.2, 0.25) is 0 Å². The summed E-state index contributed by atoms with van der Waals surface area (Å²) < 4.78 is 0. The van der Waals surface area contributed by atoms with Crippen molar-refractivity contribution in [3.05, 3.63) is 34.9 Å². The fourth-order valence-corrected chi connectivity index (χ4v) is 2.80. The number of rotatable bonds is 2. The number of phenols is 2. The number of aromatic hydroxyl groups is 2. The van der Waals surface area contributed by atoms with Gasteiger partial charge >= 0.3 is 0 Å². The van der Waals surface area contributed by atoms with E-state index in [0.29, 0.717) is 10.9 Å². The van der Waals surface area contributed by atoms with E-state index in [0.717, 1.165) is 24.8 Å². The molecule has 0 unspecified atom stereocenters. The van der Waals surface area contributed by atoms with E-state index in [1.54, 1.807) is 12.1 Å². The third-order valence-electron chi connectivity index (χ3n) is 3.29. The van der Waals surface area contributed by atoms with Crippen molar-refractivity contribution in [2.45, 2.75) is 37.4 Å². The van der Waals surface area contributed by atoms with E-state index in [1.807, 2.05) is 0 Å². The Morgan fingerprint density at radius 3 is 2.47 bits per heavy atom. The highest BCUT2D eigenvalue weighted by Crippen LogP contribution is 2.41. The van der Waals surface area contributed by atoms with E-state index < -0.39 is 0 Å². The zero-order chi connectivity index (χ0) is 12.4. The van der Waals surface area contributed by atoms with Crippen molar-refractivity contribution in [3.8, 4) is 11.5 Å². The summed E-state index contributed by atoms with van der Waals surface area (Å²) in [7, 11) is 0. The molecule has 0 fully saturated rings. The Morgan fingerprint density at radius 2 is 1.94 bits per heavy atom. The molecule has 1 atom stereocenters. The molecular weight excluding hydrogens is 280 g/mol. The SMILES string of the molecule is CC1=C[C@@H](c2c(O)cc(CBr)cc2O)CCC1. The Kier molecular flexibility index (Phi) is 3.77. The van der Waals surface area contributed by atoms with E-state index in [4.69, 9.17) is 0 Å². The van der Waals surface area contributed by atoms with Gasteiger partial charge in [-0.05, 0) is 43.9 Å². The van der Waals surface area contributed by atoms with E-state index in [2.05, 4.69) is 28.9 Å². The topological polar surface area (TPSA) is 40.5 Å². The molecule has 0 spiro atoms. The van der Waals surface area contributed by atoms with Crippen LogP contribution in [0.1, 0.15) is 43.2 Å². The van der Waals surface area contributed by atoms with Crippen LogP contribution in [-0.4, -0.2) is 10.2 Å². The third-order valence-corrected chi connectivity index (χ3v) is 3.94. The summed E-state index contributed by atoms with van der Waals surface area (Å²) in [4.78, 5) is 0. The normalized spacial score (nSPS) is 20.1. The van der Waals surface area contributed by atoms with E-state index in [-0.39, 0.29) is 17.4 Å². The molecule has 1 aromatic carbocycles. The van der Waals surface area contributed by atoms with Crippen molar-refractivity contribution in [2.24, 2.45) is 0 Å². The van der Waals surface area contributed by atoms with Crippen molar-refractivity contribution in [2.75, 3.05) is 0 Å². The van der Waals surface area contributed by atoms with Crippen LogP contribution < -0.4 is 0 Å². The molecule has 2 N–H and O–H groups in total. The van der Waals surface area contributed by atoms with Crippen molar-refractivity contribution in [3.63, 3.8) is 0 Å². The number of halogens is 1. The van der Waals surface area contributed by atoms with Crippen LogP contribution >= 0.6 is 15.9 Å². The number of alkyl halides is 1. The quantitative estimate of drug-likeness (QED) is 0.634. The van der Waals surface area contributed by atoms with Crippen LogP contribution in [-0.2, 0) is 5.33 Å². The van der Waals surface area contributed by atoms with Crippen LogP contribution in [0.3, 0.4) is 0 Å². The Labute approximate surface area is 110 Å². The Morgan fingerprint density at radius 1 is 1.29 bits per heavy atom. The molecule has 17 heavy (non-hydrogen) atoms. The molecule has 2 rings (SSSR count). The smallest absolute Gasteiger partial charge is 0.123 e. The number of phenolic OH excluding ortho intramolecular Hbond substituents is 2. The first-order valence-corrected chi connectivity index (χ1v) is 7.02. The average molecular weight is 297 g/mol. The zero-order valence-electron chi connectivity index (χ0n) is 9.91. The Bertz CT molecular complexity index is 429. The van der Waals surface area contributed by atoms with Crippen LogP contribution in [0.15, 0.2) is 23.8 Å². The molecule has 0 amide bonds. The fraction of sp³-hybridized carbons (Fsp3) is 0.429. The highest BCUT2D eigenvalue weighted by atomic mass is 79.9. The number of allylic oxidation sites excluding steroid dienone is 2. The summed E-state index contributed by atoms with van der Waals surface area (Å²) in [5.74, 6) is 0.555. The van der Waals surface area contributed by atoms with Gasteiger partial charge in [0.2, 0.25) is 0 Å². The number of benzene rings is 1. The summed E-state index contributed by atoms with van der Waals surface area (Å²) in [5.41, 5.74) is 2.90. The summed E-state index contributed by atoms with van der Waals surface area (Å²) >= 11 is 3.32. The highest BCUT2D eigenvalue weighted by Gasteiger charge is 2.20. The first-order chi connectivity index (χ1) is 8.11. The third kappa shape index (κ3) is 2.65. The minimum Gasteiger partial charge on any atom is -0.507 e. The van der Waals surface area contributed by atoms with Gasteiger partial charge in [-0.1, -0.05) is 27.6 Å². The monoisotopic (exact) mass is 296 g/mol. The van der Waals surface area contributed by atoms with Gasteiger partial charge in [0.15, 0.2) is 0 Å². The summed E-state index contributed by atoms with van der Waals surface area (Å²) in [5, 5.41) is 20.7. The van der Waals surface area contributed by atoms with Crippen molar-refractivity contribution >= 4 is 15.9 Å². The second-order valence-electron chi connectivity index (χ2n) is 4.69. The maximum atomic E-state index is 10.0. The van der Waals surface area contributed by atoms with E-state index in [1.165, 1.54) is 5.57 Å². The van der Waals surface area contributed by atoms with Gasteiger partial charge in [0.1, 0.15) is 11.5 Å². The lowest BCUT2D eigenvalue weighted by Crippen LogP contribution is -2.03. The minimum atomic E-state index is 0.146. The maximum absolute atomic E-state index is 10.0. The second kappa shape index (κ2) is 5.13. The summed E-state index contributed by atoms with van der Waals surface area (Å²) in [6, 6.07) is 3.45. The van der Waals surface area contributed by atoms with Gasteiger partial charge in [-0.15, -0.1) is 0 Å². The second-order valence-corrected chi connectivity index (χ2v) is 5.25. The molecular formula is C14H17BrO2. The van der Waals surface area contributed by atoms with Gasteiger partial charge < -0.3 is 10.2 Å². The molecule has 0 aromatic heterocycles. The van der Waals surface area contributed by atoms with Crippen LogP contribution in [0, 0.1) is 0 Å².